The molecular formula is C13H15N3O. The van der Waals surface area contributed by atoms with E-state index in [9.17, 15) is 5.11 Å². The molecule has 0 aliphatic rings. The topological polar surface area (TPSA) is 58.0 Å². The second kappa shape index (κ2) is 5.41. The molecule has 0 bridgehead atoms. The lowest BCUT2D eigenvalue weighted by molar-refractivity contribution is 0.475. The SMILES string of the molecule is CCNCc1cnc(-c2cccc(O)c2)nc1. The van der Waals surface area contributed by atoms with Crippen LogP contribution in [0.25, 0.3) is 11.4 Å². The Labute approximate surface area is 100 Å². The number of aromatic nitrogens is 2. The van der Waals surface area contributed by atoms with Crippen LogP contribution in [0.3, 0.4) is 0 Å². The smallest absolute Gasteiger partial charge is 0.159 e. The summed E-state index contributed by atoms with van der Waals surface area (Å²) in [5.74, 6) is 0.851. The fourth-order valence-corrected chi connectivity index (χ4v) is 1.51. The maximum Gasteiger partial charge on any atom is 0.159 e. The van der Waals surface area contributed by atoms with E-state index in [1.165, 1.54) is 0 Å². The normalized spacial score (nSPS) is 10.4. The van der Waals surface area contributed by atoms with E-state index in [0.717, 1.165) is 24.2 Å². The van der Waals surface area contributed by atoms with E-state index in [4.69, 9.17) is 0 Å². The average Bonchev–Trinajstić information content (AvgIpc) is 2.37. The molecule has 0 fully saturated rings. The highest BCUT2D eigenvalue weighted by Gasteiger charge is 2.02. The van der Waals surface area contributed by atoms with Gasteiger partial charge in [0.25, 0.3) is 0 Å². The van der Waals surface area contributed by atoms with E-state index in [1.807, 2.05) is 6.07 Å². The van der Waals surface area contributed by atoms with Gasteiger partial charge in [-0.25, -0.2) is 9.97 Å². The highest BCUT2D eigenvalue weighted by molar-refractivity contribution is 5.56. The fraction of sp³-hybridized carbons (Fsp3) is 0.231. The van der Waals surface area contributed by atoms with Crippen LogP contribution in [-0.4, -0.2) is 21.6 Å². The Hall–Kier alpha value is -1.94. The van der Waals surface area contributed by atoms with Crippen LogP contribution in [0.15, 0.2) is 36.7 Å². The predicted molar refractivity (Wildman–Crippen MR) is 66.5 cm³/mol. The number of aromatic hydroxyl groups is 1. The molecule has 0 saturated carbocycles. The van der Waals surface area contributed by atoms with E-state index in [1.54, 1.807) is 30.6 Å². The monoisotopic (exact) mass is 229 g/mol. The first-order chi connectivity index (χ1) is 8.29. The zero-order valence-corrected chi connectivity index (χ0v) is 9.72. The molecule has 2 rings (SSSR count). The van der Waals surface area contributed by atoms with Gasteiger partial charge in [0.05, 0.1) is 0 Å². The Kier molecular flexibility index (Phi) is 3.67. The van der Waals surface area contributed by atoms with Crippen molar-refractivity contribution in [2.45, 2.75) is 13.5 Å². The van der Waals surface area contributed by atoms with Gasteiger partial charge in [-0.05, 0) is 18.7 Å². The Bertz CT molecular complexity index is 482. The molecule has 0 atom stereocenters. The second-order valence-electron chi connectivity index (χ2n) is 3.75. The molecule has 88 valence electrons. The first kappa shape index (κ1) is 11.5. The van der Waals surface area contributed by atoms with Gasteiger partial charge in [-0.3, -0.25) is 0 Å². The first-order valence-electron chi connectivity index (χ1n) is 5.60. The largest absolute Gasteiger partial charge is 0.508 e. The van der Waals surface area contributed by atoms with Crippen molar-refractivity contribution < 1.29 is 5.11 Å². The molecule has 0 saturated heterocycles. The molecule has 2 aromatic rings. The summed E-state index contributed by atoms with van der Waals surface area (Å²) in [7, 11) is 0. The summed E-state index contributed by atoms with van der Waals surface area (Å²) in [5.41, 5.74) is 1.87. The molecule has 2 N–H and O–H groups in total. The van der Waals surface area contributed by atoms with Crippen LogP contribution in [0.1, 0.15) is 12.5 Å². The van der Waals surface area contributed by atoms with Gasteiger partial charge in [-0.15, -0.1) is 0 Å². The number of phenolic OH excluding ortho intramolecular Hbond substituents is 1. The van der Waals surface area contributed by atoms with Crippen LogP contribution in [0.2, 0.25) is 0 Å². The molecular weight excluding hydrogens is 214 g/mol. The summed E-state index contributed by atoms with van der Waals surface area (Å²) in [6.45, 7) is 3.76. The van der Waals surface area contributed by atoms with Crippen LogP contribution in [0.5, 0.6) is 5.75 Å². The van der Waals surface area contributed by atoms with Crippen molar-refractivity contribution in [3.05, 3.63) is 42.2 Å². The molecule has 1 aromatic heterocycles. The van der Waals surface area contributed by atoms with E-state index in [0.29, 0.717) is 5.82 Å². The van der Waals surface area contributed by atoms with Crippen LogP contribution < -0.4 is 5.32 Å². The Morgan fingerprint density at radius 3 is 2.65 bits per heavy atom. The number of nitrogens with zero attached hydrogens (tertiary/aromatic N) is 2. The minimum atomic E-state index is 0.225. The third-order valence-electron chi connectivity index (χ3n) is 2.39. The number of nitrogens with one attached hydrogen (secondary N) is 1. The quantitative estimate of drug-likeness (QED) is 0.841. The summed E-state index contributed by atoms with van der Waals surface area (Å²) in [4.78, 5) is 8.56. The predicted octanol–water partition coefficient (Wildman–Crippen LogP) is 1.96. The van der Waals surface area contributed by atoms with Crippen LogP contribution in [-0.2, 0) is 6.54 Å². The molecule has 0 aliphatic carbocycles. The standard InChI is InChI=1S/C13H15N3O/c1-2-14-7-10-8-15-13(16-9-10)11-4-3-5-12(17)6-11/h3-6,8-9,14,17H,2,7H2,1H3. The molecule has 4 heteroatoms. The van der Waals surface area contributed by atoms with Gasteiger partial charge in [0.15, 0.2) is 5.82 Å². The summed E-state index contributed by atoms with van der Waals surface area (Å²) < 4.78 is 0. The molecule has 4 nitrogen and oxygen atoms in total. The Balaban J connectivity index is 2.17. The lowest BCUT2D eigenvalue weighted by Gasteiger charge is -2.03. The third-order valence-corrected chi connectivity index (χ3v) is 2.39. The number of hydrogen-bond donors (Lipinski definition) is 2. The number of benzene rings is 1. The first-order valence-corrected chi connectivity index (χ1v) is 5.60. The zero-order valence-electron chi connectivity index (χ0n) is 9.72. The Morgan fingerprint density at radius 2 is 2.00 bits per heavy atom. The highest BCUT2D eigenvalue weighted by atomic mass is 16.3. The number of rotatable bonds is 4. The second-order valence-corrected chi connectivity index (χ2v) is 3.75. The average molecular weight is 229 g/mol. The van der Waals surface area contributed by atoms with E-state index < -0.39 is 0 Å². The number of hydrogen-bond acceptors (Lipinski definition) is 4. The van der Waals surface area contributed by atoms with Gasteiger partial charge < -0.3 is 10.4 Å². The van der Waals surface area contributed by atoms with Crippen LogP contribution in [0.4, 0.5) is 0 Å². The molecule has 0 unspecified atom stereocenters. The minimum Gasteiger partial charge on any atom is -0.508 e. The summed E-state index contributed by atoms with van der Waals surface area (Å²) in [6, 6.07) is 6.93. The molecule has 0 aliphatic heterocycles. The Morgan fingerprint density at radius 1 is 1.24 bits per heavy atom. The van der Waals surface area contributed by atoms with Crippen molar-refractivity contribution in [1.82, 2.24) is 15.3 Å². The van der Waals surface area contributed by atoms with Crippen LogP contribution >= 0.6 is 0 Å². The van der Waals surface area contributed by atoms with Gasteiger partial charge in [0.1, 0.15) is 5.75 Å². The maximum absolute atomic E-state index is 9.38. The van der Waals surface area contributed by atoms with Gasteiger partial charge >= 0.3 is 0 Å². The summed E-state index contributed by atoms with van der Waals surface area (Å²) >= 11 is 0. The van der Waals surface area contributed by atoms with E-state index in [2.05, 4.69) is 22.2 Å². The maximum atomic E-state index is 9.38. The van der Waals surface area contributed by atoms with Crippen LogP contribution in [0, 0.1) is 0 Å². The summed E-state index contributed by atoms with van der Waals surface area (Å²) in [6.07, 6.45) is 3.60. The molecule has 0 amide bonds. The summed E-state index contributed by atoms with van der Waals surface area (Å²) in [5, 5.41) is 12.6. The van der Waals surface area contributed by atoms with E-state index >= 15 is 0 Å². The molecule has 1 heterocycles. The van der Waals surface area contributed by atoms with Gasteiger partial charge in [-0.2, -0.15) is 0 Å². The van der Waals surface area contributed by atoms with Crippen molar-refractivity contribution >= 4 is 0 Å². The van der Waals surface area contributed by atoms with Crippen molar-refractivity contribution in [3.63, 3.8) is 0 Å². The molecule has 0 radical (unpaired) electrons. The fourth-order valence-electron chi connectivity index (χ4n) is 1.51. The minimum absolute atomic E-state index is 0.225. The lowest BCUT2D eigenvalue weighted by Crippen LogP contribution is -2.12. The van der Waals surface area contributed by atoms with Crippen molar-refractivity contribution in [2.75, 3.05) is 6.54 Å². The van der Waals surface area contributed by atoms with Gasteiger partial charge in [0, 0.05) is 30.1 Å². The lowest BCUT2D eigenvalue weighted by atomic mass is 10.2. The zero-order chi connectivity index (χ0) is 12.1. The molecule has 17 heavy (non-hydrogen) atoms. The van der Waals surface area contributed by atoms with Crippen molar-refractivity contribution in [3.8, 4) is 17.1 Å². The van der Waals surface area contributed by atoms with Crippen molar-refractivity contribution in [1.29, 1.82) is 0 Å². The number of phenols is 1. The van der Waals surface area contributed by atoms with Crippen molar-refractivity contribution in [2.24, 2.45) is 0 Å². The highest BCUT2D eigenvalue weighted by Crippen LogP contribution is 2.19. The van der Waals surface area contributed by atoms with Gasteiger partial charge in [-0.1, -0.05) is 19.1 Å². The van der Waals surface area contributed by atoms with E-state index in [-0.39, 0.29) is 5.75 Å². The third kappa shape index (κ3) is 3.01. The van der Waals surface area contributed by atoms with Gasteiger partial charge in [0.2, 0.25) is 0 Å². The molecule has 1 aromatic carbocycles. The molecule has 0 spiro atoms.